The Morgan fingerprint density at radius 1 is 1.05 bits per heavy atom. The zero-order chi connectivity index (χ0) is 27.8. The Kier molecular flexibility index (Phi) is 8.40. The van der Waals surface area contributed by atoms with Crippen molar-refractivity contribution in [2.75, 3.05) is 37.8 Å². The van der Waals surface area contributed by atoms with Gasteiger partial charge in [-0.25, -0.2) is 12.7 Å². The lowest BCUT2D eigenvalue weighted by Crippen LogP contribution is -2.38. The van der Waals surface area contributed by atoms with E-state index in [-0.39, 0.29) is 20.9 Å². The Hall–Kier alpha value is -2.62. The van der Waals surface area contributed by atoms with Gasteiger partial charge in [-0.05, 0) is 66.6 Å². The molecule has 0 spiro atoms. The summed E-state index contributed by atoms with van der Waals surface area (Å²) < 4.78 is 72.2. The zero-order valence-electron chi connectivity index (χ0n) is 21.1. The van der Waals surface area contributed by atoms with Crippen LogP contribution in [0, 0.1) is 0 Å². The van der Waals surface area contributed by atoms with Crippen LogP contribution in [-0.4, -0.2) is 77.8 Å². The van der Waals surface area contributed by atoms with E-state index >= 15 is 0 Å². The minimum absolute atomic E-state index is 0.0141. The summed E-state index contributed by atoms with van der Waals surface area (Å²) >= 11 is -6.68. The van der Waals surface area contributed by atoms with E-state index in [2.05, 4.69) is 4.98 Å². The van der Waals surface area contributed by atoms with Crippen molar-refractivity contribution in [3.8, 4) is 11.1 Å². The van der Waals surface area contributed by atoms with Gasteiger partial charge in [0.25, 0.3) is 5.91 Å². The molecule has 206 valence electrons. The van der Waals surface area contributed by atoms with E-state index in [9.17, 15) is 30.7 Å². The van der Waals surface area contributed by atoms with Crippen LogP contribution in [0.2, 0.25) is 0 Å². The highest BCUT2D eigenvalue weighted by atomic mass is 32.3. The second kappa shape index (κ2) is 11.2. The molecule has 2 atom stereocenters. The Balaban J connectivity index is 1.82. The molecule has 1 fully saturated rings. The van der Waals surface area contributed by atoms with Crippen molar-refractivity contribution in [2.45, 2.75) is 25.7 Å². The summed E-state index contributed by atoms with van der Waals surface area (Å²) in [5, 5.41) is 0.646. The molecular weight excluding hydrogens is 552 g/mol. The largest absolute Gasteiger partial charge is 0.754 e. The average molecular weight is 581 g/mol. The molecular formula is C24H28N4O7S3-2. The van der Waals surface area contributed by atoms with Crippen LogP contribution in [0.1, 0.15) is 41.6 Å². The lowest BCUT2D eigenvalue weighted by atomic mass is 9.88. The van der Waals surface area contributed by atoms with E-state index in [1.54, 1.807) is 13.1 Å². The quantitative estimate of drug-likeness (QED) is 0.398. The SMILES string of the molecule is CCS(=O)(=O)N1CCC(c2c[nH]c3c(C(=O)N(S(=O)[O-])S(=O)[O-])cc(-c4ccc(N(C)C)cc4)cc23)CC1. The molecule has 1 N–H and O–H groups in total. The molecule has 1 amide bonds. The number of aromatic nitrogens is 1. The number of aromatic amines is 1. The van der Waals surface area contributed by atoms with Gasteiger partial charge in [0.1, 0.15) is 0 Å². The molecule has 1 aromatic heterocycles. The molecule has 0 bridgehead atoms. The van der Waals surface area contributed by atoms with Crippen LogP contribution >= 0.6 is 0 Å². The maximum absolute atomic E-state index is 13.2. The van der Waals surface area contributed by atoms with Crippen molar-refractivity contribution in [1.82, 2.24) is 13.0 Å². The van der Waals surface area contributed by atoms with Gasteiger partial charge in [0.05, 0.1) is 39.4 Å². The molecule has 11 nitrogen and oxygen atoms in total. The van der Waals surface area contributed by atoms with Gasteiger partial charge in [0.15, 0.2) is 0 Å². The van der Waals surface area contributed by atoms with Gasteiger partial charge in [-0.3, -0.25) is 13.2 Å². The van der Waals surface area contributed by atoms with Crippen LogP contribution in [0.3, 0.4) is 0 Å². The minimum Gasteiger partial charge on any atom is -0.754 e. The number of anilines is 1. The third-order valence-electron chi connectivity index (χ3n) is 6.86. The van der Waals surface area contributed by atoms with Crippen LogP contribution in [-0.2, 0) is 32.6 Å². The smallest absolute Gasteiger partial charge is 0.278 e. The molecule has 3 aromatic rings. The fourth-order valence-corrected chi connectivity index (χ4v) is 6.79. The third kappa shape index (κ3) is 5.55. The Morgan fingerprint density at radius 3 is 2.18 bits per heavy atom. The number of nitrogens with zero attached hydrogens (tertiary/aromatic N) is 3. The van der Waals surface area contributed by atoms with Crippen molar-refractivity contribution in [2.24, 2.45) is 0 Å². The third-order valence-corrected chi connectivity index (χ3v) is 10.3. The molecule has 4 rings (SSSR count). The van der Waals surface area contributed by atoms with E-state index < -0.39 is 38.5 Å². The first kappa shape index (κ1) is 28.4. The summed E-state index contributed by atoms with van der Waals surface area (Å²) in [4.78, 5) is 18.1. The molecule has 1 saturated heterocycles. The number of carbonyl (C=O) groups is 1. The van der Waals surface area contributed by atoms with Gasteiger partial charge in [-0.1, -0.05) is 12.1 Å². The molecule has 0 aliphatic carbocycles. The lowest BCUT2D eigenvalue weighted by molar-refractivity contribution is 0.0920. The number of hydrogen-bond donors (Lipinski definition) is 1. The number of fused-ring (bicyclic) bond motifs is 1. The number of sulfonamides is 1. The van der Waals surface area contributed by atoms with E-state index in [0.29, 0.717) is 42.4 Å². The number of rotatable bonds is 8. The molecule has 1 aliphatic heterocycles. The number of benzene rings is 2. The summed E-state index contributed by atoms with van der Waals surface area (Å²) in [6, 6.07) is 10.9. The Bertz CT molecular complexity index is 1480. The van der Waals surface area contributed by atoms with Gasteiger partial charge >= 0.3 is 0 Å². The summed E-state index contributed by atoms with van der Waals surface area (Å²) in [5.41, 5.74) is 3.36. The van der Waals surface area contributed by atoms with Gasteiger partial charge in [-0.15, -0.1) is 0 Å². The van der Waals surface area contributed by atoms with Gasteiger partial charge in [0.2, 0.25) is 10.0 Å². The van der Waals surface area contributed by atoms with Crippen LogP contribution in [0.25, 0.3) is 22.0 Å². The standard InChI is InChI=1S/C24H30N4O7S3/c1-4-38(34,35)27-11-9-17(10-12-27)22-15-25-23-20(22)13-18(16-5-7-19(8-6-16)26(2)3)14-21(23)24(29)28(36(30)31)37(32)33/h5-8,13-15,17,25H,4,9-12H2,1-3H3,(H,30,31)(H,32,33)/p-2. The lowest BCUT2D eigenvalue weighted by Gasteiger charge is -2.31. The fourth-order valence-electron chi connectivity index (χ4n) is 4.79. The van der Waals surface area contributed by atoms with Crippen molar-refractivity contribution < 1.29 is 30.7 Å². The minimum atomic E-state index is -3.34. The molecule has 1 aliphatic rings. The predicted molar refractivity (Wildman–Crippen MR) is 145 cm³/mol. The maximum Gasteiger partial charge on any atom is 0.278 e. The van der Waals surface area contributed by atoms with Crippen molar-refractivity contribution in [1.29, 1.82) is 0 Å². The Morgan fingerprint density at radius 2 is 1.66 bits per heavy atom. The number of amides is 1. The van der Waals surface area contributed by atoms with Crippen LogP contribution in [0.15, 0.2) is 42.6 Å². The van der Waals surface area contributed by atoms with E-state index in [1.807, 2.05) is 49.3 Å². The maximum atomic E-state index is 13.2. The first-order chi connectivity index (χ1) is 17.9. The van der Waals surface area contributed by atoms with E-state index in [0.717, 1.165) is 16.8 Å². The molecule has 2 aromatic carbocycles. The fraction of sp³-hybridized carbons (Fsp3) is 0.375. The number of carbonyl (C=O) groups excluding carboxylic acids is 1. The predicted octanol–water partition coefficient (Wildman–Crippen LogP) is 2.46. The van der Waals surface area contributed by atoms with Gasteiger partial charge < -0.3 is 19.0 Å². The van der Waals surface area contributed by atoms with Gasteiger partial charge in [0, 0.05) is 44.5 Å². The highest BCUT2D eigenvalue weighted by Crippen LogP contribution is 2.38. The average Bonchev–Trinajstić information content (AvgIpc) is 3.31. The van der Waals surface area contributed by atoms with Crippen molar-refractivity contribution in [3.63, 3.8) is 0 Å². The summed E-state index contributed by atoms with van der Waals surface area (Å²) in [5.74, 6) is -1.19. The second-order valence-corrected chi connectivity index (χ2v) is 13.3. The number of nitrogens with one attached hydrogen (secondary N) is 1. The number of piperidine rings is 1. The summed E-state index contributed by atoms with van der Waals surface area (Å²) in [6.45, 7) is 2.34. The number of H-pyrrole nitrogens is 1. The molecule has 38 heavy (non-hydrogen) atoms. The zero-order valence-corrected chi connectivity index (χ0v) is 23.5. The highest BCUT2D eigenvalue weighted by Gasteiger charge is 2.30. The molecule has 14 heteroatoms. The highest BCUT2D eigenvalue weighted by molar-refractivity contribution is 7.93. The van der Waals surface area contributed by atoms with E-state index in [1.165, 1.54) is 10.4 Å². The van der Waals surface area contributed by atoms with Crippen LogP contribution in [0.4, 0.5) is 5.69 Å². The summed E-state index contributed by atoms with van der Waals surface area (Å²) in [6.07, 6.45) is 2.86. The second-order valence-electron chi connectivity index (χ2n) is 9.20. The van der Waals surface area contributed by atoms with Crippen molar-refractivity contribution >= 4 is 55.1 Å². The Labute approximate surface area is 226 Å². The molecule has 0 radical (unpaired) electrons. The molecule has 2 unspecified atom stereocenters. The van der Waals surface area contributed by atoms with Crippen LogP contribution in [0.5, 0.6) is 0 Å². The van der Waals surface area contributed by atoms with E-state index in [4.69, 9.17) is 0 Å². The first-order valence-corrected chi connectivity index (χ1v) is 15.6. The monoisotopic (exact) mass is 580 g/mol. The first-order valence-electron chi connectivity index (χ1n) is 11.9. The topological polar surface area (TPSA) is 157 Å². The van der Waals surface area contributed by atoms with Crippen molar-refractivity contribution in [3.05, 3.63) is 53.7 Å². The van der Waals surface area contributed by atoms with Crippen LogP contribution < -0.4 is 4.90 Å². The summed E-state index contributed by atoms with van der Waals surface area (Å²) in [7, 11) is 0.512. The van der Waals surface area contributed by atoms with Gasteiger partial charge in [-0.2, -0.15) is 3.71 Å². The normalized spacial score (nSPS) is 16.9. The molecule has 2 heterocycles. The molecule has 0 saturated carbocycles. The number of hydrogen-bond acceptors (Lipinski definition) is 8.